The van der Waals surface area contributed by atoms with Gasteiger partial charge in [-0.05, 0) is 52.4 Å². The lowest BCUT2D eigenvalue weighted by Crippen LogP contribution is -2.55. The summed E-state index contributed by atoms with van der Waals surface area (Å²) in [7, 11) is 0. The first kappa shape index (κ1) is 15.9. The van der Waals surface area contributed by atoms with Crippen LogP contribution in [0, 0.1) is 5.41 Å². The molecule has 1 aromatic rings. The molecule has 5 heteroatoms. The zero-order valence-corrected chi connectivity index (χ0v) is 14.9. The molecule has 130 valence electrons. The summed E-state index contributed by atoms with van der Waals surface area (Å²) in [5.41, 5.74) is 2.87. The molecule has 3 heterocycles. The van der Waals surface area contributed by atoms with Gasteiger partial charge in [-0.2, -0.15) is 0 Å². The Kier molecular flexibility index (Phi) is 3.97. The van der Waals surface area contributed by atoms with Gasteiger partial charge in [0.1, 0.15) is 12.1 Å². The SMILES string of the molecule is CC(C)N1CC2(CCCN(c3ncnc4c3CCC4)C2)CCC1=O. The van der Waals surface area contributed by atoms with E-state index in [-0.39, 0.29) is 5.41 Å². The van der Waals surface area contributed by atoms with Crippen LogP contribution >= 0.6 is 0 Å². The van der Waals surface area contributed by atoms with Gasteiger partial charge in [0.15, 0.2) is 0 Å². The molecule has 24 heavy (non-hydrogen) atoms. The topological polar surface area (TPSA) is 49.3 Å². The number of rotatable bonds is 2. The highest BCUT2D eigenvalue weighted by Gasteiger charge is 2.43. The van der Waals surface area contributed by atoms with Crippen molar-refractivity contribution in [3.05, 3.63) is 17.6 Å². The van der Waals surface area contributed by atoms with Crippen molar-refractivity contribution >= 4 is 11.7 Å². The Morgan fingerprint density at radius 3 is 2.79 bits per heavy atom. The van der Waals surface area contributed by atoms with E-state index in [1.165, 1.54) is 36.3 Å². The van der Waals surface area contributed by atoms with Crippen molar-refractivity contribution in [2.24, 2.45) is 5.41 Å². The van der Waals surface area contributed by atoms with Crippen molar-refractivity contribution in [3.63, 3.8) is 0 Å². The minimum atomic E-state index is 0.243. The van der Waals surface area contributed by atoms with Gasteiger partial charge >= 0.3 is 0 Å². The third-order valence-electron chi connectivity index (χ3n) is 6.13. The molecule has 0 N–H and O–H groups in total. The molecule has 1 aliphatic carbocycles. The number of likely N-dealkylation sites (tertiary alicyclic amines) is 1. The molecule has 1 aromatic heterocycles. The molecule has 0 radical (unpaired) electrons. The maximum atomic E-state index is 12.3. The molecule has 4 rings (SSSR count). The van der Waals surface area contributed by atoms with Crippen LogP contribution in [0.25, 0.3) is 0 Å². The quantitative estimate of drug-likeness (QED) is 0.837. The summed E-state index contributed by atoms with van der Waals surface area (Å²) in [6.07, 6.45) is 9.31. The maximum absolute atomic E-state index is 12.3. The lowest BCUT2D eigenvalue weighted by atomic mass is 9.73. The summed E-state index contributed by atoms with van der Waals surface area (Å²) in [6.45, 7) is 7.30. The normalized spacial score (nSPS) is 27.2. The van der Waals surface area contributed by atoms with Crippen LogP contribution in [0.2, 0.25) is 0 Å². The van der Waals surface area contributed by atoms with Gasteiger partial charge in [0.05, 0.1) is 0 Å². The maximum Gasteiger partial charge on any atom is 0.222 e. The number of hydrogen-bond donors (Lipinski definition) is 0. The number of anilines is 1. The highest BCUT2D eigenvalue weighted by Crippen LogP contribution is 2.41. The number of fused-ring (bicyclic) bond motifs is 1. The molecular weight excluding hydrogens is 300 g/mol. The molecule has 1 amide bonds. The molecule has 0 saturated carbocycles. The van der Waals surface area contributed by atoms with Crippen molar-refractivity contribution in [3.8, 4) is 0 Å². The first-order valence-corrected chi connectivity index (χ1v) is 9.45. The van der Waals surface area contributed by atoms with Gasteiger partial charge in [0.2, 0.25) is 5.91 Å². The number of carbonyl (C=O) groups excluding carboxylic acids is 1. The van der Waals surface area contributed by atoms with E-state index in [0.29, 0.717) is 18.4 Å². The molecule has 2 fully saturated rings. The minimum Gasteiger partial charge on any atom is -0.356 e. The molecule has 2 saturated heterocycles. The third-order valence-corrected chi connectivity index (χ3v) is 6.13. The summed E-state index contributed by atoms with van der Waals surface area (Å²) in [5.74, 6) is 1.50. The number of piperidine rings is 2. The zero-order valence-electron chi connectivity index (χ0n) is 14.9. The number of amides is 1. The number of hydrogen-bond acceptors (Lipinski definition) is 4. The van der Waals surface area contributed by atoms with Crippen molar-refractivity contribution in [1.29, 1.82) is 0 Å². The van der Waals surface area contributed by atoms with E-state index in [0.717, 1.165) is 38.9 Å². The van der Waals surface area contributed by atoms with Crippen molar-refractivity contribution < 1.29 is 4.79 Å². The lowest BCUT2D eigenvalue weighted by molar-refractivity contribution is -0.140. The second-order valence-corrected chi connectivity index (χ2v) is 8.12. The molecular formula is C19H28N4O. The van der Waals surface area contributed by atoms with Crippen LogP contribution in [0.5, 0.6) is 0 Å². The fraction of sp³-hybridized carbons (Fsp3) is 0.737. The molecule has 1 atom stereocenters. The fourth-order valence-corrected chi connectivity index (χ4v) is 4.85. The van der Waals surface area contributed by atoms with Gasteiger partial charge in [-0.15, -0.1) is 0 Å². The molecule has 3 aliphatic rings. The average molecular weight is 328 g/mol. The standard InChI is InChI=1S/C19H28N4O/c1-14(2)23-12-19(9-7-17(23)24)8-4-10-22(11-19)18-15-5-3-6-16(15)20-13-21-18/h13-14H,3-12H2,1-2H3. The monoisotopic (exact) mass is 328 g/mol. The summed E-state index contributed by atoms with van der Waals surface area (Å²) in [4.78, 5) is 26.0. The lowest BCUT2D eigenvalue weighted by Gasteiger charge is -2.49. The van der Waals surface area contributed by atoms with Crippen LogP contribution in [0.15, 0.2) is 6.33 Å². The van der Waals surface area contributed by atoms with E-state index in [4.69, 9.17) is 0 Å². The number of carbonyl (C=O) groups is 1. The largest absolute Gasteiger partial charge is 0.356 e. The van der Waals surface area contributed by atoms with Crippen LogP contribution in [0.3, 0.4) is 0 Å². The van der Waals surface area contributed by atoms with Crippen molar-refractivity contribution in [2.75, 3.05) is 24.5 Å². The highest BCUT2D eigenvalue weighted by molar-refractivity contribution is 5.77. The van der Waals surface area contributed by atoms with Gasteiger partial charge in [0, 0.05) is 48.8 Å². The van der Waals surface area contributed by atoms with E-state index in [2.05, 4.69) is 33.6 Å². The predicted octanol–water partition coefficient (Wildman–Crippen LogP) is 2.58. The summed E-state index contributed by atoms with van der Waals surface area (Å²) in [5, 5.41) is 0. The third kappa shape index (κ3) is 2.68. The molecule has 2 aliphatic heterocycles. The fourth-order valence-electron chi connectivity index (χ4n) is 4.85. The molecule has 0 bridgehead atoms. The first-order chi connectivity index (χ1) is 11.6. The minimum absolute atomic E-state index is 0.243. The molecule has 0 aromatic carbocycles. The Hall–Kier alpha value is -1.65. The van der Waals surface area contributed by atoms with Crippen LogP contribution in [0.4, 0.5) is 5.82 Å². The van der Waals surface area contributed by atoms with Crippen LogP contribution in [0.1, 0.15) is 57.2 Å². The summed E-state index contributed by atoms with van der Waals surface area (Å²) in [6, 6.07) is 0.299. The van der Waals surface area contributed by atoms with Crippen molar-refractivity contribution in [1.82, 2.24) is 14.9 Å². The average Bonchev–Trinajstić information content (AvgIpc) is 3.06. The Bertz CT molecular complexity index is 644. The van der Waals surface area contributed by atoms with Crippen molar-refractivity contribution in [2.45, 2.75) is 64.8 Å². The molecule has 5 nitrogen and oxygen atoms in total. The van der Waals surface area contributed by atoms with E-state index in [9.17, 15) is 4.79 Å². The van der Waals surface area contributed by atoms with E-state index >= 15 is 0 Å². The number of nitrogens with zero attached hydrogens (tertiary/aromatic N) is 4. The van der Waals surface area contributed by atoms with E-state index < -0.39 is 0 Å². The first-order valence-electron chi connectivity index (χ1n) is 9.45. The van der Waals surface area contributed by atoms with Crippen LogP contribution in [-0.2, 0) is 17.6 Å². The zero-order chi connectivity index (χ0) is 16.7. The van der Waals surface area contributed by atoms with Gasteiger partial charge in [-0.3, -0.25) is 4.79 Å². The predicted molar refractivity (Wildman–Crippen MR) is 94.0 cm³/mol. The van der Waals surface area contributed by atoms with Gasteiger partial charge < -0.3 is 9.80 Å². The Morgan fingerprint density at radius 2 is 1.96 bits per heavy atom. The van der Waals surface area contributed by atoms with E-state index in [1.807, 2.05) is 0 Å². The molecule has 1 unspecified atom stereocenters. The van der Waals surface area contributed by atoms with Gasteiger partial charge in [-0.1, -0.05) is 0 Å². The molecule has 1 spiro atoms. The summed E-state index contributed by atoms with van der Waals surface area (Å²) < 4.78 is 0. The Labute approximate surface area is 144 Å². The van der Waals surface area contributed by atoms with Gasteiger partial charge in [0.25, 0.3) is 0 Å². The number of aryl methyl sites for hydroxylation is 1. The second kappa shape index (κ2) is 6.01. The van der Waals surface area contributed by atoms with Gasteiger partial charge in [-0.25, -0.2) is 9.97 Å². The van der Waals surface area contributed by atoms with Crippen LogP contribution < -0.4 is 4.90 Å². The second-order valence-electron chi connectivity index (χ2n) is 8.12. The van der Waals surface area contributed by atoms with Crippen LogP contribution in [-0.4, -0.2) is 46.5 Å². The summed E-state index contributed by atoms with van der Waals surface area (Å²) >= 11 is 0. The smallest absolute Gasteiger partial charge is 0.222 e. The van der Waals surface area contributed by atoms with E-state index in [1.54, 1.807) is 6.33 Å². The Balaban J connectivity index is 1.58. The number of aromatic nitrogens is 2. The Morgan fingerprint density at radius 1 is 1.08 bits per heavy atom. The highest BCUT2D eigenvalue weighted by atomic mass is 16.2.